The number of hydrogen-bond acceptors (Lipinski definition) is 15. The van der Waals surface area contributed by atoms with Gasteiger partial charge in [0, 0.05) is 25.7 Å². The summed E-state index contributed by atoms with van der Waals surface area (Å²) in [7, 11) is -9.98. The molecule has 0 spiro atoms. The Labute approximate surface area is 617 Å². The lowest BCUT2D eigenvalue weighted by atomic mass is 10.1. The molecule has 0 saturated heterocycles. The van der Waals surface area contributed by atoms with E-state index in [2.05, 4.69) is 155 Å². The average molecular weight is 1470 g/mol. The van der Waals surface area contributed by atoms with Gasteiger partial charge in [-0.1, -0.05) is 289 Å². The number of hydrogen-bond donors (Lipinski definition) is 3. The molecule has 17 nitrogen and oxygen atoms in total. The third-order valence-electron chi connectivity index (χ3n) is 15.8. The van der Waals surface area contributed by atoms with Crippen LogP contribution >= 0.6 is 15.6 Å². The quantitative estimate of drug-likeness (QED) is 0.0169. The van der Waals surface area contributed by atoms with Gasteiger partial charge in [-0.2, -0.15) is 0 Å². The van der Waals surface area contributed by atoms with E-state index < -0.39 is 97.5 Å². The van der Waals surface area contributed by atoms with Gasteiger partial charge in [-0.25, -0.2) is 9.13 Å². The SMILES string of the molecule is CC/C=C\C/C=C\C/C=C\C/C=C\C/C=C\C/C=C\CCC(=O)OCC(COP(=O)(O)OCC(O)COP(=O)(O)OCC(COC(=O)CCCCCCCCC/C=C\C/C=C\C/C=C\CC)OC(=O)CCCCCCC/C=C\C/C=C\C/C=C\CC)OC(=O)CCCCCCCCCCCCC. The zero-order chi connectivity index (χ0) is 74.6. The van der Waals surface area contributed by atoms with E-state index >= 15 is 0 Å². The van der Waals surface area contributed by atoms with Crippen LogP contribution in [-0.4, -0.2) is 96.7 Å². The smallest absolute Gasteiger partial charge is 0.462 e. The minimum absolute atomic E-state index is 0.0342. The van der Waals surface area contributed by atoms with E-state index in [-0.39, 0.29) is 25.7 Å². The summed E-state index contributed by atoms with van der Waals surface area (Å²) in [5.41, 5.74) is 0. The molecule has 19 heteroatoms. The van der Waals surface area contributed by atoms with Gasteiger partial charge in [-0.3, -0.25) is 37.3 Å². The number of carbonyl (C=O) groups is 4. The van der Waals surface area contributed by atoms with Gasteiger partial charge in [0.25, 0.3) is 0 Å². The summed E-state index contributed by atoms with van der Waals surface area (Å²) < 4.78 is 68.4. The predicted octanol–water partition coefficient (Wildman–Crippen LogP) is 22.7. The Bertz CT molecular complexity index is 2510. The van der Waals surface area contributed by atoms with Crippen LogP contribution in [0.5, 0.6) is 0 Å². The van der Waals surface area contributed by atoms with Crippen molar-refractivity contribution in [2.45, 2.75) is 316 Å². The van der Waals surface area contributed by atoms with E-state index in [0.29, 0.717) is 32.1 Å². The standard InChI is InChI=1S/C83H138O17P2/c1-5-9-13-17-21-25-29-32-35-37-38-40-43-45-49-52-56-60-64-68-80(85)93-73-78(99-82(87)69-65-61-57-53-47-28-24-20-16-12-8-4)75-97-101(89,90)95-71-77(84)72-96-102(91,92)98-76-79(100-83(88)70-66-62-58-54-50-46-41-34-31-27-23-19-15-11-7-3)74-94-81(86)67-63-59-55-51-48-44-42-39-36-33-30-26-22-18-14-10-6-2/h9-11,13-15,21-23,25-27,32-36,38,40-41,45,49,56,60,77-79,84H,5-8,12,16-20,24,28-31,37,39,42-44,46-48,50-55,57-59,61-76H2,1-4H3,(H,89,90)(H,91,92)/b13-9-,14-10-,15-11-,25-21-,26-22-,27-23-,35-32-,36-33-,40-38-,41-34-,49-45-,60-56-. The van der Waals surface area contributed by atoms with Gasteiger partial charge in [0.2, 0.25) is 0 Å². The third-order valence-corrected chi connectivity index (χ3v) is 17.7. The molecule has 5 atom stereocenters. The highest BCUT2D eigenvalue weighted by atomic mass is 31.2. The van der Waals surface area contributed by atoms with Crippen molar-refractivity contribution in [1.29, 1.82) is 0 Å². The number of aliphatic hydroxyl groups is 1. The molecule has 0 aliphatic rings. The molecule has 0 aromatic carbocycles. The molecule has 3 N–H and O–H groups in total. The van der Waals surface area contributed by atoms with Crippen molar-refractivity contribution in [2.24, 2.45) is 0 Å². The maximum Gasteiger partial charge on any atom is 0.472 e. The van der Waals surface area contributed by atoms with Crippen molar-refractivity contribution in [1.82, 2.24) is 0 Å². The molecule has 102 heavy (non-hydrogen) atoms. The van der Waals surface area contributed by atoms with Crippen LogP contribution in [-0.2, 0) is 65.4 Å². The summed E-state index contributed by atoms with van der Waals surface area (Å²) in [6, 6.07) is 0. The van der Waals surface area contributed by atoms with E-state index in [4.69, 9.17) is 37.0 Å². The van der Waals surface area contributed by atoms with E-state index in [0.717, 1.165) is 173 Å². The predicted molar refractivity (Wildman–Crippen MR) is 417 cm³/mol. The van der Waals surface area contributed by atoms with Crippen LogP contribution in [0.2, 0.25) is 0 Å². The molecule has 0 aliphatic heterocycles. The van der Waals surface area contributed by atoms with Crippen LogP contribution in [0.15, 0.2) is 146 Å². The van der Waals surface area contributed by atoms with Gasteiger partial charge >= 0.3 is 39.5 Å². The number of rotatable bonds is 72. The molecule has 0 aromatic rings. The first-order valence-electron chi connectivity index (χ1n) is 39.1. The number of phosphoric acid groups is 2. The number of ether oxygens (including phenoxy) is 4. The Morgan fingerprint density at radius 2 is 0.529 bits per heavy atom. The molecule has 0 heterocycles. The molecule has 0 saturated carbocycles. The molecule has 0 fully saturated rings. The average Bonchev–Trinajstić information content (AvgIpc) is 0.926. The first-order valence-corrected chi connectivity index (χ1v) is 42.1. The largest absolute Gasteiger partial charge is 0.472 e. The second kappa shape index (κ2) is 74.2. The zero-order valence-corrected chi connectivity index (χ0v) is 65.3. The van der Waals surface area contributed by atoms with Crippen LogP contribution in [0.25, 0.3) is 0 Å². The van der Waals surface area contributed by atoms with Gasteiger partial charge in [-0.05, 0) is 128 Å². The van der Waals surface area contributed by atoms with E-state index in [1.165, 1.54) is 38.5 Å². The van der Waals surface area contributed by atoms with Crippen molar-refractivity contribution < 1.29 is 80.2 Å². The summed E-state index contributed by atoms with van der Waals surface area (Å²) in [5, 5.41) is 10.6. The van der Waals surface area contributed by atoms with Gasteiger partial charge in [-0.15, -0.1) is 0 Å². The van der Waals surface area contributed by atoms with Crippen LogP contribution in [0, 0.1) is 0 Å². The van der Waals surface area contributed by atoms with E-state index in [1.807, 2.05) is 18.2 Å². The maximum absolute atomic E-state index is 13.1. The number of allylic oxidation sites excluding steroid dienone is 24. The van der Waals surface area contributed by atoms with Crippen molar-refractivity contribution in [2.75, 3.05) is 39.6 Å². The van der Waals surface area contributed by atoms with Crippen LogP contribution in [0.1, 0.15) is 297 Å². The minimum atomic E-state index is -4.99. The van der Waals surface area contributed by atoms with Crippen LogP contribution in [0.4, 0.5) is 0 Å². The molecule has 0 radical (unpaired) electrons. The number of phosphoric ester groups is 2. The Morgan fingerprint density at radius 3 is 0.843 bits per heavy atom. The molecule has 0 bridgehead atoms. The third kappa shape index (κ3) is 73.3. The van der Waals surface area contributed by atoms with Crippen LogP contribution in [0.3, 0.4) is 0 Å². The molecule has 582 valence electrons. The molecule has 5 unspecified atom stereocenters. The number of aliphatic hydroxyl groups excluding tert-OH is 1. The molecule has 0 amide bonds. The topological polar surface area (TPSA) is 237 Å². The lowest BCUT2D eigenvalue weighted by Crippen LogP contribution is -2.30. The van der Waals surface area contributed by atoms with E-state index in [9.17, 15) is 43.2 Å². The Kier molecular flexibility index (Phi) is 70.5. The highest BCUT2D eigenvalue weighted by molar-refractivity contribution is 7.47. The summed E-state index contributed by atoms with van der Waals surface area (Å²) in [5.74, 6) is -2.30. The monoisotopic (exact) mass is 1470 g/mol. The summed E-state index contributed by atoms with van der Waals surface area (Å²) in [4.78, 5) is 72.9. The molecule has 0 rings (SSSR count). The van der Waals surface area contributed by atoms with Crippen molar-refractivity contribution in [3.63, 3.8) is 0 Å². The second-order valence-electron chi connectivity index (χ2n) is 25.5. The summed E-state index contributed by atoms with van der Waals surface area (Å²) >= 11 is 0. The van der Waals surface area contributed by atoms with Crippen molar-refractivity contribution in [3.05, 3.63) is 146 Å². The Hall–Kier alpha value is -5.06. The second-order valence-corrected chi connectivity index (χ2v) is 28.4. The number of esters is 4. The fourth-order valence-electron chi connectivity index (χ4n) is 9.98. The van der Waals surface area contributed by atoms with Gasteiger partial charge < -0.3 is 33.8 Å². The molecule has 0 aromatic heterocycles. The van der Waals surface area contributed by atoms with Gasteiger partial charge in [0.15, 0.2) is 12.2 Å². The maximum atomic E-state index is 13.1. The van der Waals surface area contributed by atoms with Gasteiger partial charge in [0.1, 0.15) is 19.3 Å². The fraction of sp³-hybridized carbons (Fsp3) is 0.663. The lowest BCUT2D eigenvalue weighted by Gasteiger charge is -2.21. The highest BCUT2D eigenvalue weighted by Crippen LogP contribution is 2.45. The number of carbonyl (C=O) groups excluding carboxylic acids is 4. The van der Waals surface area contributed by atoms with Crippen molar-refractivity contribution in [3.8, 4) is 0 Å². The summed E-state index contributed by atoms with van der Waals surface area (Å²) in [6.07, 6.45) is 84.2. The molecule has 0 aliphatic carbocycles. The molecular formula is C83H138O17P2. The van der Waals surface area contributed by atoms with Crippen molar-refractivity contribution >= 4 is 39.5 Å². The Balaban J connectivity index is 5.40. The Morgan fingerprint density at radius 1 is 0.284 bits per heavy atom. The van der Waals surface area contributed by atoms with E-state index in [1.54, 1.807) is 0 Å². The molecular weight excluding hydrogens is 1330 g/mol. The minimum Gasteiger partial charge on any atom is -0.462 e. The normalized spacial score (nSPS) is 14.7. The fourth-order valence-corrected chi connectivity index (χ4v) is 11.6. The van der Waals surface area contributed by atoms with Crippen LogP contribution < -0.4 is 0 Å². The summed E-state index contributed by atoms with van der Waals surface area (Å²) in [6.45, 7) is 4.41. The first kappa shape index (κ1) is 96.9. The zero-order valence-electron chi connectivity index (χ0n) is 63.5. The lowest BCUT2D eigenvalue weighted by molar-refractivity contribution is -0.161. The number of unbranched alkanes of at least 4 members (excludes halogenated alkanes) is 22. The highest BCUT2D eigenvalue weighted by Gasteiger charge is 2.30. The first-order chi connectivity index (χ1) is 49.7. The van der Waals surface area contributed by atoms with Gasteiger partial charge in [0.05, 0.1) is 26.4 Å².